The van der Waals surface area contributed by atoms with Gasteiger partial charge in [-0.2, -0.15) is 0 Å². The van der Waals surface area contributed by atoms with E-state index in [0.717, 1.165) is 18.9 Å². The standard InChI is InChI=1S/C19H28N2/c1-2-4-8-16(7-3-1)11-13-20-14-12-17-15-21-19-10-6-5-9-18(17)19/h5-6,9-10,15-16,20-21H,1-4,7-8,11-14H2. The lowest BCUT2D eigenvalue weighted by atomic mass is 9.97. The van der Waals surface area contributed by atoms with Gasteiger partial charge in [0.1, 0.15) is 0 Å². The lowest BCUT2D eigenvalue weighted by molar-refractivity contribution is 0.416. The number of aromatic nitrogens is 1. The maximum absolute atomic E-state index is 3.64. The van der Waals surface area contributed by atoms with E-state index in [1.807, 2.05) is 0 Å². The van der Waals surface area contributed by atoms with Crippen molar-refractivity contribution in [2.75, 3.05) is 13.1 Å². The minimum atomic E-state index is 0.980. The Kier molecular flexibility index (Phi) is 5.34. The molecular weight excluding hydrogens is 256 g/mol. The summed E-state index contributed by atoms with van der Waals surface area (Å²) in [6.45, 7) is 2.28. The summed E-state index contributed by atoms with van der Waals surface area (Å²) in [4.78, 5) is 3.36. The van der Waals surface area contributed by atoms with Gasteiger partial charge in [-0.25, -0.2) is 0 Å². The van der Waals surface area contributed by atoms with Crippen molar-refractivity contribution in [1.29, 1.82) is 0 Å². The van der Waals surface area contributed by atoms with Gasteiger partial charge in [-0.3, -0.25) is 0 Å². The molecule has 21 heavy (non-hydrogen) atoms. The molecule has 1 fully saturated rings. The van der Waals surface area contributed by atoms with Crippen LogP contribution in [-0.2, 0) is 6.42 Å². The molecule has 1 heterocycles. The number of rotatable bonds is 6. The summed E-state index contributed by atoms with van der Waals surface area (Å²) < 4.78 is 0. The van der Waals surface area contributed by atoms with E-state index in [-0.39, 0.29) is 0 Å². The molecular formula is C19H28N2. The van der Waals surface area contributed by atoms with Crippen molar-refractivity contribution in [3.63, 3.8) is 0 Å². The molecule has 0 aliphatic heterocycles. The first kappa shape index (κ1) is 14.6. The molecule has 1 aliphatic carbocycles. The van der Waals surface area contributed by atoms with Crippen LogP contribution < -0.4 is 5.32 Å². The molecule has 0 unspecified atom stereocenters. The number of hydrogen-bond acceptors (Lipinski definition) is 1. The Morgan fingerprint density at radius 3 is 2.67 bits per heavy atom. The number of H-pyrrole nitrogens is 1. The van der Waals surface area contributed by atoms with Gasteiger partial charge in [0.15, 0.2) is 0 Å². The minimum Gasteiger partial charge on any atom is -0.361 e. The van der Waals surface area contributed by atoms with Crippen molar-refractivity contribution in [2.45, 2.75) is 51.4 Å². The molecule has 2 aromatic rings. The van der Waals surface area contributed by atoms with Crippen LogP contribution in [0.2, 0.25) is 0 Å². The zero-order chi connectivity index (χ0) is 14.3. The molecule has 0 spiro atoms. The topological polar surface area (TPSA) is 27.8 Å². The van der Waals surface area contributed by atoms with Crippen LogP contribution >= 0.6 is 0 Å². The molecule has 0 amide bonds. The average Bonchev–Trinajstić information content (AvgIpc) is 2.75. The predicted molar refractivity (Wildman–Crippen MR) is 90.7 cm³/mol. The van der Waals surface area contributed by atoms with Gasteiger partial charge in [0.05, 0.1) is 0 Å². The van der Waals surface area contributed by atoms with E-state index in [9.17, 15) is 0 Å². The molecule has 0 radical (unpaired) electrons. The van der Waals surface area contributed by atoms with E-state index >= 15 is 0 Å². The molecule has 114 valence electrons. The van der Waals surface area contributed by atoms with Crippen LogP contribution in [0.25, 0.3) is 10.9 Å². The lowest BCUT2D eigenvalue weighted by Crippen LogP contribution is -2.20. The van der Waals surface area contributed by atoms with Gasteiger partial charge in [0.25, 0.3) is 0 Å². The number of nitrogens with one attached hydrogen (secondary N) is 2. The number of fused-ring (bicyclic) bond motifs is 1. The van der Waals surface area contributed by atoms with Gasteiger partial charge in [0, 0.05) is 17.1 Å². The summed E-state index contributed by atoms with van der Waals surface area (Å²) >= 11 is 0. The van der Waals surface area contributed by atoms with Crippen molar-refractivity contribution < 1.29 is 0 Å². The Morgan fingerprint density at radius 1 is 1.00 bits per heavy atom. The summed E-state index contributed by atoms with van der Waals surface area (Å²) in [5.41, 5.74) is 2.69. The number of para-hydroxylation sites is 1. The summed E-state index contributed by atoms with van der Waals surface area (Å²) in [5, 5.41) is 5.02. The maximum atomic E-state index is 3.64. The van der Waals surface area contributed by atoms with Crippen molar-refractivity contribution in [3.8, 4) is 0 Å². The highest BCUT2D eigenvalue weighted by Crippen LogP contribution is 2.24. The first-order valence-corrected chi connectivity index (χ1v) is 8.69. The Morgan fingerprint density at radius 2 is 1.81 bits per heavy atom. The lowest BCUT2D eigenvalue weighted by Gasteiger charge is -2.14. The molecule has 1 aromatic carbocycles. The molecule has 2 nitrogen and oxygen atoms in total. The first-order valence-electron chi connectivity index (χ1n) is 8.69. The SMILES string of the molecule is c1ccc2c(CCNCCC3CCCCCC3)c[nH]c2c1. The summed E-state index contributed by atoms with van der Waals surface area (Å²) in [5.74, 6) is 0.980. The Balaban J connectivity index is 1.38. The Hall–Kier alpha value is -1.28. The molecule has 0 bridgehead atoms. The zero-order valence-corrected chi connectivity index (χ0v) is 13.0. The monoisotopic (exact) mass is 284 g/mol. The van der Waals surface area contributed by atoms with Gasteiger partial charge in [-0.05, 0) is 43.5 Å². The van der Waals surface area contributed by atoms with Crippen LogP contribution in [0.5, 0.6) is 0 Å². The van der Waals surface area contributed by atoms with Gasteiger partial charge < -0.3 is 10.3 Å². The molecule has 2 N–H and O–H groups in total. The highest BCUT2D eigenvalue weighted by Gasteiger charge is 2.11. The fourth-order valence-corrected chi connectivity index (χ4v) is 3.65. The van der Waals surface area contributed by atoms with E-state index in [4.69, 9.17) is 0 Å². The fraction of sp³-hybridized carbons (Fsp3) is 0.579. The number of aromatic amines is 1. The Bertz CT molecular complexity index is 535. The maximum Gasteiger partial charge on any atom is 0.0456 e. The predicted octanol–water partition coefficient (Wildman–Crippen LogP) is 4.66. The highest BCUT2D eigenvalue weighted by molar-refractivity contribution is 5.83. The normalized spacial score (nSPS) is 17.1. The van der Waals surface area contributed by atoms with Crippen LogP contribution in [0.4, 0.5) is 0 Å². The third kappa shape index (κ3) is 4.10. The van der Waals surface area contributed by atoms with E-state index in [1.165, 1.54) is 68.0 Å². The molecule has 1 aromatic heterocycles. The minimum absolute atomic E-state index is 0.980. The van der Waals surface area contributed by atoms with Crippen LogP contribution in [0.3, 0.4) is 0 Å². The van der Waals surface area contributed by atoms with Gasteiger partial charge in [-0.1, -0.05) is 56.7 Å². The second-order valence-corrected chi connectivity index (χ2v) is 6.51. The summed E-state index contributed by atoms with van der Waals surface area (Å²) in [6.07, 6.45) is 13.4. The number of benzene rings is 1. The van der Waals surface area contributed by atoms with E-state index < -0.39 is 0 Å². The van der Waals surface area contributed by atoms with Crippen molar-refractivity contribution >= 4 is 10.9 Å². The quantitative estimate of drug-likeness (QED) is 0.586. The van der Waals surface area contributed by atoms with Crippen LogP contribution in [0.15, 0.2) is 30.5 Å². The van der Waals surface area contributed by atoms with Crippen LogP contribution in [-0.4, -0.2) is 18.1 Å². The Labute approximate surface area is 128 Å². The summed E-state index contributed by atoms with van der Waals surface area (Å²) in [6, 6.07) is 8.58. The molecule has 1 aliphatic rings. The van der Waals surface area contributed by atoms with E-state index in [1.54, 1.807) is 0 Å². The third-order valence-electron chi connectivity index (χ3n) is 4.95. The molecule has 2 heteroatoms. The zero-order valence-electron chi connectivity index (χ0n) is 13.0. The van der Waals surface area contributed by atoms with E-state index in [0.29, 0.717) is 0 Å². The van der Waals surface area contributed by atoms with Crippen LogP contribution in [0, 0.1) is 5.92 Å². The third-order valence-corrected chi connectivity index (χ3v) is 4.95. The van der Waals surface area contributed by atoms with Crippen LogP contribution in [0.1, 0.15) is 50.5 Å². The van der Waals surface area contributed by atoms with Crippen molar-refractivity contribution in [2.24, 2.45) is 5.92 Å². The largest absolute Gasteiger partial charge is 0.361 e. The van der Waals surface area contributed by atoms with Crippen molar-refractivity contribution in [1.82, 2.24) is 10.3 Å². The highest BCUT2D eigenvalue weighted by atomic mass is 14.8. The second kappa shape index (κ2) is 7.65. The average molecular weight is 284 g/mol. The van der Waals surface area contributed by atoms with Gasteiger partial charge in [0.2, 0.25) is 0 Å². The van der Waals surface area contributed by atoms with Gasteiger partial charge >= 0.3 is 0 Å². The van der Waals surface area contributed by atoms with E-state index in [2.05, 4.69) is 40.8 Å². The van der Waals surface area contributed by atoms with Crippen molar-refractivity contribution in [3.05, 3.63) is 36.0 Å². The molecule has 3 rings (SSSR count). The summed E-state index contributed by atoms with van der Waals surface area (Å²) in [7, 11) is 0. The first-order chi connectivity index (χ1) is 10.4. The molecule has 0 saturated heterocycles. The number of hydrogen-bond donors (Lipinski definition) is 2. The molecule has 1 saturated carbocycles. The fourth-order valence-electron chi connectivity index (χ4n) is 3.65. The molecule has 0 atom stereocenters. The van der Waals surface area contributed by atoms with Gasteiger partial charge in [-0.15, -0.1) is 0 Å². The second-order valence-electron chi connectivity index (χ2n) is 6.51. The smallest absolute Gasteiger partial charge is 0.0456 e.